The van der Waals surface area contributed by atoms with E-state index in [1.54, 1.807) is 0 Å². The number of fused-ring (bicyclic) bond motifs is 1. The molecule has 0 aromatic heterocycles. The first-order valence-corrected chi connectivity index (χ1v) is 9.42. The Labute approximate surface area is 169 Å². The number of benzene rings is 2. The maximum atomic E-state index is 5.37. The Bertz CT molecular complexity index is 825. The zero-order valence-corrected chi connectivity index (χ0v) is 16.8. The van der Waals surface area contributed by atoms with Gasteiger partial charge in [-0.15, -0.1) is 0 Å². The van der Waals surface area contributed by atoms with Crippen LogP contribution in [0.25, 0.3) is 0 Å². The van der Waals surface area contributed by atoms with Gasteiger partial charge in [-0.05, 0) is 65.7 Å². The maximum Gasteiger partial charge on any atom is 0.231 e. The molecule has 1 aliphatic heterocycles. The summed E-state index contributed by atoms with van der Waals surface area (Å²) < 4.78 is 10.7. The Morgan fingerprint density at radius 3 is 2.41 bits per heavy atom. The minimum Gasteiger partial charge on any atom is -0.454 e. The molecular weight excluding hydrogens is 380 g/mol. The predicted octanol–water partition coefficient (Wildman–Crippen LogP) is 3.40. The predicted molar refractivity (Wildman–Crippen MR) is 115 cm³/mol. The van der Waals surface area contributed by atoms with Crippen molar-refractivity contribution in [2.75, 3.05) is 12.1 Å². The normalized spacial score (nSPS) is 11.8. The first-order chi connectivity index (χ1) is 13.0. The average Bonchev–Trinajstić information content (AvgIpc) is 3.13. The van der Waals surface area contributed by atoms with Gasteiger partial charge in [0, 0.05) is 12.2 Å². The van der Waals surface area contributed by atoms with Gasteiger partial charge in [0.25, 0.3) is 0 Å². The second kappa shape index (κ2) is 8.88. The number of hydrogen-bond acceptors (Lipinski definition) is 4. The number of hydrogen-bond donors (Lipinski definition) is 4. The van der Waals surface area contributed by atoms with Crippen LogP contribution in [0.15, 0.2) is 42.5 Å². The van der Waals surface area contributed by atoms with Crippen molar-refractivity contribution >= 4 is 40.3 Å². The van der Waals surface area contributed by atoms with Crippen molar-refractivity contribution < 1.29 is 9.47 Å². The van der Waals surface area contributed by atoms with Gasteiger partial charge < -0.3 is 20.1 Å². The molecule has 1 heterocycles. The van der Waals surface area contributed by atoms with Crippen molar-refractivity contribution in [2.45, 2.75) is 26.3 Å². The SMILES string of the molecule is CC(C)c1ccc(NC(=S)NNC(=S)NCc2ccc3c(c2)OCO3)cc1. The summed E-state index contributed by atoms with van der Waals surface area (Å²) >= 11 is 10.5. The largest absolute Gasteiger partial charge is 0.454 e. The van der Waals surface area contributed by atoms with Crippen molar-refractivity contribution in [1.29, 1.82) is 0 Å². The first-order valence-electron chi connectivity index (χ1n) is 8.60. The van der Waals surface area contributed by atoms with Crippen molar-refractivity contribution in [2.24, 2.45) is 0 Å². The number of ether oxygens (including phenoxy) is 2. The molecule has 0 saturated heterocycles. The molecule has 8 heteroatoms. The zero-order chi connectivity index (χ0) is 19.2. The van der Waals surface area contributed by atoms with Gasteiger partial charge in [0.15, 0.2) is 21.7 Å². The minimum atomic E-state index is 0.265. The molecule has 0 radical (unpaired) electrons. The zero-order valence-electron chi connectivity index (χ0n) is 15.2. The summed E-state index contributed by atoms with van der Waals surface area (Å²) in [5.41, 5.74) is 8.97. The Morgan fingerprint density at radius 1 is 0.963 bits per heavy atom. The van der Waals surface area contributed by atoms with Crippen LogP contribution >= 0.6 is 24.4 Å². The molecule has 0 aliphatic carbocycles. The molecule has 142 valence electrons. The highest BCUT2D eigenvalue weighted by atomic mass is 32.1. The van der Waals surface area contributed by atoms with Gasteiger partial charge in [-0.1, -0.05) is 32.0 Å². The van der Waals surface area contributed by atoms with Gasteiger partial charge in [-0.3, -0.25) is 10.9 Å². The highest BCUT2D eigenvalue weighted by Crippen LogP contribution is 2.32. The molecule has 0 bridgehead atoms. The van der Waals surface area contributed by atoms with Crippen LogP contribution in [-0.4, -0.2) is 17.0 Å². The van der Waals surface area contributed by atoms with E-state index in [0.717, 1.165) is 22.7 Å². The monoisotopic (exact) mass is 402 g/mol. The number of rotatable bonds is 4. The third-order valence-corrected chi connectivity index (χ3v) is 4.47. The molecule has 0 fully saturated rings. The molecule has 2 aromatic carbocycles. The molecule has 27 heavy (non-hydrogen) atoms. The third kappa shape index (κ3) is 5.45. The van der Waals surface area contributed by atoms with Crippen LogP contribution in [0.4, 0.5) is 5.69 Å². The summed E-state index contributed by atoms with van der Waals surface area (Å²) in [7, 11) is 0. The topological polar surface area (TPSA) is 66.6 Å². The van der Waals surface area contributed by atoms with Crippen molar-refractivity contribution in [3.05, 3.63) is 53.6 Å². The molecule has 0 atom stereocenters. The molecule has 1 aliphatic rings. The van der Waals surface area contributed by atoms with Crippen molar-refractivity contribution in [3.8, 4) is 11.5 Å². The number of nitrogens with one attached hydrogen (secondary N) is 4. The summed E-state index contributed by atoms with van der Waals surface area (Å²) in [6, 6.07) is 13.9. The van der Waals surface area contributed by atoms with Crippen LogP contribution in [0.2, 0.25) is 0 Å². The van der Waals surface area contributed by atoms with E-state index in [-0.39, 0.29) is 6.79 Å². The van der Waals surface area contributed by atoms with E-state index in [0.29, 0.717) is 22.7 Å². The lowest BCUT2D eigenvalue weighted by Gasteiger charge is -2.15. The lowest BCUT2D eigenvalue weighted by molar-refractivity contribution is 0.174. The fourth-order valence-corrected chi connectivity index (χ4v) is 2.80. The third-order valence-electron chi connectivity index (χ3n) is 4.01. The highest BCUT2D eigenvalue weighted by molar-refractivity contribution is 7.80. The highest BCUT2D eigenvalue weighted by Gasteiger charge is 2.13. The number of hydrazine groups is 1. The lowest BCUT2D eigenvalue weighted by Crippen LogP contribution is -2.47. The van der Waals surface area contributed by atoms with Crippen LogP contribution in [-0.2, 0) is 6.54 Å². The molecule has 3 rings (SSSR count). The number of thiocarbonyl (C=S) groups is 2. The van der Waals surface area contributed by atoms with E-state index in [2.05, 4.69) is 47.5 Å². The molecule has 4 N–H and O–H groups in total. The molecule has 0 amide bonds. The number of anilines is 1. The molecule has 0 spiro atoms. The van der Waals surface area contributed by atoms with Crippen LogP contribution in [0, 0.1) is 0 Å². The standard InChI is InChI=1S/C19H22N4O2S2/c1-12(2)14-4-6-15(7-5-14)21-19(27)23-22-18(26)20-10-13-3-8-16-17(9-13)25-11-24-16/h3-9,12H,10-11H2,1-2H3,(H2,20,22,26)(H2,21,23,27). The summed E-state index contributed by atoms with van der Waals surface area (Å²) in [6.45, 7) is 5.15. The Balaban J connectivity index is 1.40. The van der Waals surface area contributed by atoms with Crippen LogP contribution in [0.3, 0.4) is 0 Å². The molecule has 0 unspecified atom stereocenters. The molecule has 6 nitrogen and oxygen atoms in total. The van der Waals surface area contributed by atoms with Gasteiger partial charge >= 0.3 is 0 Å². The summed E-state index contributed by atoms with van der Waals surface area (Å²) in [5, 5.41) is 7.08. The van der Waals surface area contributed by atoms with Crippen molar-refractivity contribution in [1.82, 2.24) is 16.2 Å². The second-order valence-corrected chi connectivity index (χ2v) is 7.17. The molecule has 0 saturated carbocycles. The fraction of sp³-hybridized carbons (Fsp3) is 0.263. The van der Waals surface area contributed by atoms with Gasteiger partial charge in [-0.2, -0.15) is 0 Å². The Hall–Kier alpha value is -2.58. The summed E-state index contributed by atoms with van der Waals surface area (Å²) in [6.07, 6.45) is 0. The van der Waals surface area contributed by atoms with E-state index in [1.165, 1.54) is 5.56 Å². The van der Waals surface area contributed by atoms with E-state index >= 15 is 0 Å². The first kappa shape index (κ1) is 19.2. The smallest absolute Gasteiger partial charge is 0.231 e. The molecule has 2 aromatic rings. The van der Waals surface area contributed by atoms with Crippen molar-refractivity contribution in [3.63, 3.8) is 0 Å². The van der Waals surface area contributed by atoms with E-state index in [9.17, 15) is 0 Å². The van der Waals surface area contributed by atoms with Gasteiger partial charge in [-0.25, -0.2) is 0 Å². The maximum absolute atomic E-state index is 5.37. The average molecular weight is 403 g/mol. The fourth-order valence-electron chi connectivity index (χ4n) is 2.50. The Kier molecular flexibility index (Phi) is 6.31. The second-order valence-electron chi connectivity index (χ2n) is 6.35. The summed E-state index contributed by atoms with van der Waals surface area (Å²) in [4.78, 5) is 0. The lowest BCUT2D eigenvalue weighted by atomic mass is 10.0. The Morgan fingerprint density at radius 2 is 1.67 bits per heavy atom. The van der Waals surface area contributed by atoms with Gasteiger partial charge in [0.05, 0.1) is 0 Å². The van der Waals surface area contributed by atoms with Gasteiger partial charge in [0.1, 0.15) is 0 Å². The van der Waals surface area contributed by atoms with E-state index < -0.39 is 0 Å². The van der Waals surface area contributed by atoms with Crippen LogP contribution < -0.4 is 31.0 Å². The quantitative estimate of drug-likeness (QED) is 0.458. The van der Waals surface area contributed by atoms with Crippen LogP contribution in [0.1, 0.15) is 30.9 Å². The van der Waals surface area contributed by atoms with E-state index in [1.807, 2.05) is 30.3 Å². The van der Waals surface area contributed by atoms with E-state index in [4.69, 9.17) is 33.9 Å². The van der Waals surface area contributed by atoms with Gasteiger partial charge in [0.2, 0.25) is 6.79 Å². The molecular formula is C19H22N4O2S2. The summed E-state index contributed by atoms with van der Waals surface area (Å²) in [5.74, 6) is 2.01. The van der Waals surface area contributed by atoms with Crippen LogP contribution in [0.5, 0.6) is 11.5 Å². The minimum absolute atomic E-state index is 0.265.